The fourth-order valence-corrected chi connectivity index (χ4v) is 2.13. The Morgan fingerprint density at radius 3 is 2.81 bits per heavy atom. The predicted octanol–water partition coefficient (Wildman–Crippen LogP) is 2.11. The van der Waals surface area contributed by atoms with Crippen molar-refractivity contribution in [3.63, 3.8) is 0 Å². The second kappa shape index (κ2) is 4.41. The minimum absolute atomic E-state index is 0.313. The van der Waals surface area contributed by atoms with E-state index in [9.17, 15) is 4.79 Å². The van der Waals surface area contributed by atoms with E-state index in [1.165, 1.54) is 6.20 Å². The summed E-state index contributed by atoms with van der Waals surface area (Å²) < 4.78 is 0. The first-order chi connectivity index (χ1) is 10.3. The summed E-state index contributed by atoms with van der Waals surface area (Å²) in [5.74, 6) is 1.02. The average Bonchev–Trinajstić information content (AvgIpc) is 3.19. The van der Waals surface area contributed by atoms with Gasteiger partial charge in [0.2, 0.25) is 0 Å². The quantitative estimate of drug-likeness (QED) is 0.909. The van der Waals surface area contributed by atoms with E-state index < -0.39 is 0 Å². The van der Waals surface area contributed by atoms with Crippen molar-refractivity contribution in [2.75, 3.05) is 0 Å². The van der Waals surface area contributed by atoms with Gasteiger partial charge in [-0.15, -0.1) is 5.11 Å². The molecule has 1 N–H and O–H groups in total. The highest BCUT2D eigenvalue weighted by atomic mass is 16.1. The Kier molecular flexibility index (Phi) is 2.43. The summed E-state index contributed by atoms with van der Waals surface area (Å²) >= 11 is 0. The van der Waals surface area contributed by atoms with Crippen LogP contribution >= 0.6 is 0 Å². The molecule has 7 nitrogen and oxygen atoms in total. The van der Waals surface area contributed by atoms with Crippen LogP contribution in [0.15, 0.2) is 68.6 Å². The predicted molar refractivity (Wildman–Crippen MR) is 75.9 cm³/mol. The molecule has 0 bridgehead atoms. The van der Waals surface area contributed by atoms with E-state index in [0.29, 0.717) is 17.2 Å². The maximum Gasteiger partial charge on any atom is 0.284 e. The Labute approximate surface area is 118 Å². The summed E-state index contributed by atoms with van der Waals surface area (Å²) in [5.41, 5.74) is 1.95. The number of imidazole rings is 1. The van der Waals surface area contributed by atoms with Crippen LogP contribution in [0.5, 0.6) is 0 Å². The van der Waals surface area contributed by atoms with Crippen molar-refractivity contribution in [2.24, 2.45) is 20.2 Å². The molecular formula is C14H8N6O. The van der Waals surface area contributed by atoms with Crippen LogP contribution in [0.4, 0.5) is 0 Å². The monoisotopic (exact) mass is 276 g/mol. The maximum atomic E-state index is 11.9. The van der Waals surface area contributed by atoms with Crippen LogP contribution < -0.4 is 0 Å². The van der Waals surface area contributed by atoms with Crippen molar-refractivity contribution in [1.82, 2.24) is 9.97 Å². The first-order valence-electron chi connectivity index (χ1n) is 6.24. The number of rotatable bonds is 2. The maximum absolute atomic E-state index is 11.9. The number of nitrogens with zero attached hydrogens (tertiary/aromatic N) is 5. The smallest absolute Gasteiger partial charge is 0.284 e. The standard InChI is InChI=1S/C14H8N6O/c21-14-10-7-17-20-13(10)18-12(19-14)9-3-1-2-8(6-9)11-15-4-5-16-11/h1-7H,(H,15,16). The molecule has 7 heteroatoms. The largest absolute Gasteiger partial charge is 0.345 e. The number of amides is 1. The van der Waals surface area contributed by atoms with Crippen LogP contribution in [-0.4, -0.2) is 27.5 Å². The number of amidine groups is 2. The molecule has 3 heterocycles. The third-order valence-electron chi connectivity index (χ3n) is 3.12. The van der Waals surface area contributed by atoms with Crippen molar-refractivity contribution in [2.45, 2.75) is 0 Å². The minimum atomic E-state index is -0.372. The number of fused-ring (bicyclic) bond motifs is 1. The third kappa shape index (κ3) is 1.91. The Morgan fingerprint density at radius 1 is 1.05 bits per heavy atom. The van der Waals surface area contributed by atoms with Crippen LogP contribution in [0.2, 0.25) is 0 Å². The van der Waals surface area contributed by atoms with Gasteiger partial charge in [0, 0.05) is 23.5 Å². The van der Waals surface area contributed by atoms with Crippen LogP contribution in [0.25, 0.3) is 11.4 Å². The zero-order valence-electron chi connectivity index (χ0n) is 10.7. The lowest BCUT2D eigenvalue weighted by atomic mass is 10.1. The molecule has 1 aromatic carbocycles. The molecule has 1 amide bonds. The lowest BCUT2D eigenvalue weighted by Gasteiger charge is -2.08. The molecule has 0 fully saturated rings. The molecule has 21 heavy (non-hydrogen) atoms. The lowest BCUT2D eigenvalue weighted by molar-refractivity contribution is -0.113. The highest BCUT2D eigenvalue weighted by Crippen LogP contribution is 2.21. The molecular weight excluding hydrogens is 268 g/mol. The van der Waals surface area contributed by atoms with E-state index in [0.717, 1.165) is 17.0 Å². The van der Waals surface area contributed by atoms with Crippen LogP contribution in [0.3, 0.4) is 0 Å². The van der Waals surface area contributed by atoms with Gasteiger partial charge in [0.15, 0.2) is 11.7 Å². The number of nitrogens with one attached hydrogen (secondary N) is 1. The summed E-state index contributed by atoms with van der Waals surface area (Å²) in [6, 6.07) is 7.49. The molecule has 2 aliphatic rings. The normalized spacial score (nSPS) is 16.4. The fraction of sp³-hybridized carbons (Fsp3) is 0. The van der Waals surface area contributed by atoms with Gasteiger partial charge in [0.1, 0.15) is 11.4 Å². The van der Waals surface area contributed by atoms with Gasteiger partial charge in [-0.25, -0.2) is 9.98 Å². The van der Waals surface area contributed by atoms with E-state index in [4.69, 9.17) is 0 Å². The molecule has 4 rings (SSSR count). The summed E-state index contributed by atoms with van der Waals surface area (Å²) in [4.78, 5) is 27.4. The minimum Gasteiger partial charge on any atom is -0.345 e. The number of carbonyl (C=O) groups excluding carboxylic acids is 1. The zero-order valence-corrected chi connectivity index (χ0v) is 10.7. The van der Waals surface area contributed by atoms with Crippen LogP contribution in [-0.2, 0) is 4.79 Å². The highest BCUT2D eigenvalue weighted by molar-refractivity contribution is 6.31. The molecule has 0 saturated heterocycles. The molecule has 1 aromatic heterocycles. The van der Waals surface area contributed by atoms with Gasteiger partial charge in [0.05, 0.1) is 6.20 Å². The van der Waals surface area contributed by atoms with Gasteiger partial charge in [-0.1, -0.05) is 18.2 Å². The Hall–Kier alpha value is -3.22. The van der Waals surface area contributed by atoms with Crippen molar-refractivity contribution in [3.8, 4) is 11.4 Å². The summed E-state index contributed by atoms with van der Waals surface area (Å²) in [6.45, 7) is 0. The van der Waals surface area contributed by atoms with Crippen molar-refractivity contribution in [3.05, 3.63) is 54.0 Å². The van der Waals surface area contributed by atoms with E-state index >= 15 is 0 Å². The summed E-state index contributed by atoms with van der Waals surface area (Å²) in [6.07, 6.45) is 4.81. The van der Waals surface area contributed by atoms with Gasteiger partial charge in [-0.05, 0) is 6.07 Å². The highest BCUT2D eigenvalue weighted by Gasteiger charge is 2.25. The number of aromatic nitrogens is 2. The number of benzene rings is 1. The summed E-state index contributed by atoms with van der Waals surface area (Å²) in [5, 5.41) is 7.51. The van der Waals surface area contributed by atoms with Gasteiger partial charge in [-0.2, -0.15) is 10.1 Å². The average molecular weight is 276 g/mol. The molecule has 0 radical (unpaired) electrons. The molecule has 0 saturated carbocycles. The van der Waals surface area contributed by atoms with E-state index in [1.807, 2.05) is 24.3 Å². The second-order valence-electron chi connectivity index (χ2n) is 4.45. The van der Waals surface area contributed by atoms with Crippen molar-refractivity contribution < 1.29 is 4.79 Å². The fourth-order valence-electron chi connectivity index (χ4n) is 2.13. The molecule has 100 valence electrons. The van der Waals surface area contributed by atoms with Crippen molar-refractivity contribution in [1.29, 1.82) is 0 Å². The number of H-pyrrole nitrogens is 1. The molecule has 0 atom stereocenters. The number of hydrogen-bond acceptors (Lipinski definition) is 5. The SMILES string of the molecule is O=C1N=C(c2cccc(-c3ncc[nH]3)c2)N=C2N=NC=C12. The van der Waals surface area contributed by atoms with Gasteiger partial charge in [0.25, 0.3) is 5.91 Å². The van der Waals surface area contributed by atoms with Gasteiger partial charge < -0.3 is 4.98 Å². The van der Waals surface area contributed by atoms with Gasteiger partial charge in [-0.3, -0.25) is 4.79 Å². The van der Waals surface area contributed by atoms with E-state index in [1.54, 1.807) is 12.4 Å². The number of aromatic amines is 1. The molecule has 0 spiro atoms. The number of azo groups is 1. The lowest BCUT2D eigenvalue weighted by Crippen LogP contribution is -2.17. The molecule has 2 aromatic rings. The number of hydrogen-bond donors (Lipinski definition) is 1. The second-order valence-corrected chi connectivity index (χ2v) is 4.45. The molecule has 2 aliphatic heterocycles. The van der Waals surface area contributed by atoms with E-state index in [-0.39, 0.29) is 5.91 Å². The first kappa shape index (κ1) is 11.6. The Balaban J connectivity index is 1.78. The number of carbonyl (C=O) groups is 1. The van der Waals surface area contributed by atoms with Crippen molar-refractivity contribution >= 4 is 17.6 Å². The zero-order chi connectivity index (χ0) is 14.2. The first-order valence-corrected chi connectivity index (χ1v) is 6.24. The Morgan fingerprint density at radius 2 is 1.95 bits per heavy atom. The van der Waals surface area contributed by atoms with Gasteiger partial charge >= 0.3 is 0 Å². The molecule has 0 aliphatic carbocycles. The van der Waals surface area contributed by atoms with E-state index in [2.05, 4.69) is 30.2 Å². The topological polar surface area (TPSA) is 95.2 Å². The van der Waals surface area contributed by atoms with Crippen LogP contribution in [0.1, 0.15) is 5.56 Å². The Bertz CT molecular complexity index is 857. The summed E-state index contributed by atoms with van der Waals surface area (Å²) in [7, 11) is 0. The third-order valence-corrected chi connectivity index (χ3v) is 3.12. The molecule has 0 unspecified atom stereocenters. The number of aliphatic imine (C=N–C) groups is 2. The van der Waals surface area contributed by atoms with Crippen LogP contribution in [0, 0.1) is 0 Å².